The molecule has 1 amide bonds. The number of pyridine rings is 1. The van der Waals surface area contributed by atoms with Crippen molar-refractivity contribution in [2.45, 2.75) is 20.0 Å². The highest BCUT2D eigenvalue weighted by molar-refractivity contribution is 6.31. The van der Waals surface area contributed by atoms with E-state index in [-0.39, 0.29) is 18.1 Å². The molecule has 4 aromatic rings. The molecule has 0 saturated carbocycles. The molecule has 0 bridgehead atoms. The number of rotatable bonds is 5. The fourth-order valence-electron chi connectivity index (χ4n) is 3.00. The van der Waals surface area contributed by atoms with Gasteiger partial charge < -0.3 is 5.32 Å². The highest BCUT2D eigenvalue weighted by atomic mass is 35.5. The summed E-state index contributed by atoms with van der Waals surface area (Å²) < 4.78 is 15.5. The Morgan fingerprint density at radius 3 is 2.77 bits per heavy atom. The first kappa shape index (κ1) is 19.7. The molecule has 0 aliphatic rings. The zero-order chi connectivity index (χ0) is 21.3. The maximum atomic E-state index is 13.1. The van der Waals surface area contributed by atoms with Gasteiger partial charge in [0, 0.05) is 23.8 Å². The number of carbonyl (C=O) groups is 1. The molecular weight excluding hydrogens is 411 g/mol. The fraction of sp³-hybridized carbons (Fsp3) is 0.150. The Morgan fingerprint density at radius 2 is 2.03 bits per heavy atom. The summed E-state index contributed by atoms with van der Waals surface area (Å²) in [7, 11) is 0. The molecule has 0 aliphatic heterocycles. The first-order valence-electron chi connectivity index (χ1n) is 9.01. The maximum absolute atomic E-state index is 13.1. The number of aromatic nitrogens is 5. The Morgan fingerprint density at radius 1 is 1.20 bits per heavy atom. The van der Waals surface area contributed by atoms with Crippen molar-refractivity contribution in [3.8, 4) is 11.4 Å². The van der Waals surface area contributed by atoms with E-state index >= 15 is 0 Å². The van der Waals surface area contributed by atoms with Crippen LogP contribution in [0.1, 0.15) is 11.4 Å². The summed E-state index contributed by atoms with van der Waals surface area (Å²) in [6.45, 7) is 1.51. The molecule has 10 heteroatoms. The van der Waals surface area contributed by atoms with Crippen molar-refractivity contribution in [2.75, 3.05) is 0 Å². The lowest BCUT2D eigenvalue weighted by Gasteiger charge is -2.06. The molecule has 3 aromatic heterocycles. The standard InChI is InChI=1S/C20H16ClFN6O2/c1-12-25-17(16-4-2-3-7-23-16)9-18-26-27(20(30)28(12)18)11-19(29)24-10-13-5-6-14(22)8-15(13)21/h2-9H,10-11H2,1H3,(H,24,29). The Balaban J connectivity index is 1.55. The van der Waals surface area contributed by atoms with Gasteiger partial charge in [0.15, 0.2) is 5.65 Å². The van der Waals surface area contributed by atoms with Crippen molar-refractivity contribution in [1.29, 1.82) is 0 Å². The summed E-state index contributed by atoms with van der Waals surface area (Å²) in [5.41, 5.74) is 1.68. The second-order valence-electron chi connectivity index (χ2n) is 6.55. The van der Waals surface area contributed by atoms with Gasteiger partial charge in [-0.3, -0.25) is 9.78 Å². The molecule has 8 nitrogen and oxygen atoms in total. The van der Waals surface area contributed by atoms with Crippen LogP contribution in [0.25, 0.3) is 17.0 Å². The van der Waals surface area contributed by atoms with E-state index in [9.17, 15) is 14.0 Å². The van der Waals surface area contributed by atoms with Crippen LogP contribution in [-0.4, -0.2) is 30.1 Å². The topological polar surface area (TPSA) is 94.2 Å². The largest absolute Gasteiger partial charge is 0.352 e. The molecule has 1 aromatic carbocycles. The fourth-order valence-corrected chi connectivity index (χ4v) is 3.23. The highest BCUT2D eigenvalue weighted by Crippen LogP contribution is 2.17. The summed E-state index contributed by atoms with van der Waals surface area (Å²) in [6.07, 6.45) is 1.65. The number of halogens is 2. The average molecular weight is 427 g/mol. The summed E-state index contributed by atoms with van der Waals surface area (Å²) in [5, 5.41) is 7.11. The van der Waals surface area contributed by atoms with E-state index in [2.05, 4.69) is 20.4 Å². The number of nitrogens with zero attached hydrogens (tertiary/aromatic N) is 5. The minimum Gasteiger partial charge on any atom is -0.350 e. The SMILES string of the molecule is Cc1nc(-c2ccccn2)cc2nn(CC(=O)NCc3ccc(F)cc3Cl)c(=O)n12. The van der Waals surface area contributed by atoms with Gasteiger partial charge in [-0.15, -0.1) is 5.10 Å². The number of hydrogen-bond donors (Lipinski definition) is 1. The summed E-state index contributed by atoms with van der Waals surface area (Å²) >= 11 is 5.96. The molecule has 152 valence electrons. The molecule has 0 fully saturated rings. The quantitative estimate of drug-likeness (QED) is 0.528. The van der Waals surface area contributed by atoms with Crippen molar-refractivity contribution in [3.05, 3.63) is 81.4 Å². The van der Waals surface area contributed by atoms with E-state index in [0.29, 0.717) is 28.4 Å². The van der Waals surface area contributed by atoms with Gasteiger partial charge in [-0.25, -0.2) is 23.3 Å². The predicted octanol–water partition coefficient (Wildman–Crippen LogP) is 2.37. The smallest absolute Gasteiger partial charge is 0.350 e. The second-order valence-corrected chi connectivity index (χ2v) is 6.96. The number of amides is 1. The number of fused-ring (bicyclic) bond motifs is 1. The Labute approximate surface area is 175 Å². The third-order valence-corrected chi connectivity index (χ3v) is 4.80. The van der Waals surface area contributed by atoms with Crippen LogP contribution >= 0.6 is 11.6 Å². The second kappa shape index (κ2) is 8.03. The minimum absolute atomic E-state index is 0.102. The van der Waals surface area contributed by atoms with Crippen LogP contribution in [0.2, 0.25) is 5.02 Å². The zero-order valence-electron chi connectivity index (χ0n) is 15.8. The van der Waals surface area contributed by atoms with Crippen LogP contribution in [-0.2, 0) is 17.9 Å². The van der Waals surface area contributed by atoms with Crippen LogP contribution < -0.4 is 11.0 Å². The van der Waals surface area contributed by atoms with Crippen molar-refractivity contribution in [3.63, 3.8) is 0 Å². The minimum atomic E-state index is -0.475. The Kier molecular flexibility index (Phi) is 5.28. The molecular formula is C20H16ClFN6O2. The van der Waals surface area contributed by atoms with Crippen molar-refractivity contribution < 1.29 is 9.18 Å². The van der Waals surface area contributed by atoms with Gasteiger partial charge in [0.25, 0.3) is 0 Å². The van der Waals surface area contributed by atoms with Crippen molar-refractivity contribution in [1.82, 2.24) is 29.5 Å². The van der Waals surface area contributed by atoms with Crippen LogP contribution in [0.15, 0.2) is 53.5 Å². The normalized spacial score (nSPS) is 11.0. The summed E-state index contributed by atoms with van der Waals surface area (Å²) in [4.78, 5) is 33.6. The summed E-state index contributed by atoms with van der Waals surface area (Å²) in [6, 6.07) is 11.0. The van der Waals surface area contributed by atoms with E-state index in [1.807, 2.05) is 6.07 Å². The molecule has 1 N–H and O–H groups in total. The Bertz CT molecular complexity index is 1300. The third-order valence-electron chi connectivity index (χ3n) is 4.45. The number of aryl methyl sites for hydroxylation is 1. The lowest BCUT2D eigenvalue weighted by atomic mass is 10.2. The number of nitrogens with one attached hydrogen (secondary N) is 1. The first-order chi connectivity index (χ1) is 14.4. The number of hydrogen-bond acceptors (Lipinski definition) is 5. The molecule has 0 unspecified atom stereocenters. The summed E-state index contributed by atoms with van der Waals surface area (Å²) in [5.74, 6) is -0.459. The molecule has 0 atom stereocenters. The zero-order valence-corrected chi connectivity index (χ0v) is 16.6. The van der Waals surface area contributed by atoms with E-state index in [0.717, 1.165) is 4.68 Å². The first-order valence-corrected chi connectivity index (χ1v) is 9.39. The molecule has 3 heterocycles. The third kappa shape index (κ3) is 3.92. The molecule has 0 aliphatic carbocycles. The van der Waals surface area contributed by atoms with E-state index in [1.165, 1.54) is 22.6 Å². The van der Waals surface area contributed by atoms with Gasteiger partial charge in [-0.05, 0) is 36.8 Å². The van der Waals surface area contributed by atoms with E-state index in [1.54, 1.807) is 31.3 Å². The molecule has 30 heavy (non-hydrogen) atoms. The Hall–Kier alpha value is -3.59. The van der Waals surface area contributed by atoms with Crippen LogP contribution in [0.4, 0.5) is 4.39 Å². The van der Waals surface area contributed by atoms with E-state index < -0.39 is 17.4 Å². The molecule has 4 rings (SSSR count). The molecule has 0 spiro atoms. The maximum Gasteiger partial charge on any atom is 0.352 e. The predicted molar refractivity (Wildman–Crippen MR) is 108 cm³/mol. The lowest BCUT2D eigenvalue weighted by molar-refractivity contribution is -0.122. The van der Waals surface area contributed by atoms with Crippen LogP contribution in [0.5, 0.6) is 0 Å². The average Bonchev–Trinajstić information content (AvgIpc) is 3.03. The van der Waals surface area contributed by atoms with Crippen LogP contribution in [0, 0.1) is 12.7 Å². The number of carbonyl (C=O) groups excluding carboxylic acids is 1. The van der Waals surface area contributed by atoms with Gasteiger partial charge in [0.05, 0.1) is 11.4 Å². The molecule has 0 saturated heterocycles. The number of benzene rings is 1. The molecule has 0 radical (unpaired) electrons. The van der Waals surface area contributed by atoms with Gasteiger partial charge in [0.2, 0.25) is 5.91 Å². The van der Waals surface area contributed by atoms with Crippen molar-refractivity contribution >= 4 is 23.2 Å². The van der Waals surface area contributed by atoms with Crippen LogP contribution in [0.3, 0.4) is 0 Å². The highest BCUT2D eigenvalue weighted by Gasteiger charge is 2.15. The van der Waals surface area contributed by atoms with E-state index in [4.69, 9.17) is 11.6 Å². The van der Waals surface area contributed by atoms with Gasteiger partial charge in [-0.1, -0.05) is 23.7 Å². The van der Waals surface area contributed by atoms with Gasteiger partial charge in [-0.2, -0.15) is 0 Å². The van der Waals surface area contributed by atoms with Crippen molar-refractivity contribution in [2.24, 2.45) is 0 Å². The lowest BCUT2D eigenvalue weighted by Crippen LogP contribution is -2.32. The van der Waals surface area contributed by atoms with Gasteiger partial charge in [0.1, 0.15) is 18.2 Å². The van der Waals surface area contributed by atoms with Gasteiger partial charge >= 0.3 is 5.69 Å². The monoisotopic (exact) mass is 426 g/mol.